The zero-order valence-corrected chi connectivity index (χ0v) is 13.0. The predicted octanol–water partition coefficient (Wildman–Crippen LogP) is 1.75. The number of ether oxygens (including phenoxy) is 1. The lowest BCUT2D eigenvalue weighted by Gasteiger charge is -2.16. The van der Waals surface area contributed by atoms with E-state index < -0.39 is 12.1 Å². The largest absolute Gasteiger partial charge is 0.491 e. The second-order valence-corrected chi connectivity index (χ2v) is 5.40. The van der Waals surface area contributed by atoms with Gasteiger partial charge in [0, 0.05) is 6.54 Å². The first-order valence-corrected chi connectivity index (χ1v) is 7.42. The Morgan fingerprint density at radius 3 is 2.76 bits per heavy atom. The molecule has 0 fully saturated rings. The van der Waals surface area contributed by atoms with Gasteiger partial charge in [0.2, 0.25) is 5.91 Å². The zero-order valence-electron chi connectivity index (χ0n) is 13.0. The Morgan fingerprint density at radius 2 is 2.14 bits per heavy atom. The van der Waals surface area contributed by atoms with Crippen LogP contribution in [0, 0.1) is 0 Å². The average Bonchev–Trinajstić information content (AvgIpc) is 2.44. The Kier molecular flexibility index (Phi) is 7.19. The number of amides is 1. The van der Waals surface area contributed by atoms with Gasteiger partial charge in [-0.05, 0) is 38.0 Å². The van der Waals surface area contributed by atoms with Crippen molar-refractivity contribution in [2.75, 3.05) is 6.54 Å². The Hall–Kier alpha value is -1.59. The molecule has 0 spiro atoms. The number of nitrogens with two attached hydrogens (primary N) is 1. The van der Waals surface area contributed by atoms with Crippen molar-refractivity contribution < 1.29 is 14.6 Å². The van der Waals surface area contributed by atoms with E-state index in [1.807, 2.05) is 32.9 Å². The number of benzene rings is 1. The highest BCUT2D eigenvalue weighted by Gasteiger charge is 2.15. The van der Waals surface area contributed by atoms with Crippen LogP contribution in [0.5, 0.6) is 5.75 Å². The fraction of sp³-hybridized carbons (Fsp3) is 0.562. The van der Waals surface area contributed by atoms with Crippen molar-refractivity contribution in [3.63, 3.8) is 0 Å². The molecule has 1 aromatic rings. The molecule has 0 aliphatic rings. The van der Waals surface area contributed by atoms with E-state index in [9.17, 15) is 9.90 Å². The average molecular weight is 294 g/mol. The second kappa shape index (κ2) is 8.64. The molecule has 0 saturated carbocycles. The Balaban J connectivity index is 2.55. The molecule has 0 radical (unpaired) electrons. The maximum atomic E-state index is 11.7. The number of carbonyl (C=O) groups excluding carboxylic acids is 1. The summed E-state index contributed by atoms with van der Waals surface area (Å²) in [4.78, 5) is 11.7. The van der Waals surface area contributed by atoms with E-state index in [1.165, 1.54) is 0 Å². The first kappa shape index (κ1) is 17.5. The van der Waals surface area contributed by atoms with E-state index in [1.54, 1.807) is 12.1 Å². The minimum Gasteiger partial charge on any atom is -0.491 e. The lowest BCUT2D eigenvalue weighted by Crippen LogP contribution is -2.42. The summed E-state index contributed by atoms with van der Waals surface area (Å²) in [5.41, 5.74) is 6.42. The van der Waals surface area contributed by atoms with E-state index >= 15 is 0 Å². The minimum absolute atomic E-state index is 0.0733. The van der Waals surface area contributed by atoms with Crippen LogP contribution in [0.1, 0.15) is 45.3 Å². The van der Waals surface area contributed by atoms with E-state index in [0.717, 1.165) is 6.42 Å². The second-order valence-electron chi connectivity index (χ2n) is 5.40. The maximum Gasteiger partial charge on any atom is 0.237 e. The highest BCUT2D eigenvalue weighted by Crippen LogP contribution is 2.19. The standard InChI is InChI=1S/C16H26N2O3/c1-4-6-14(17)16(20)18-10-15(19)12-7-5-8-13(9-12)21-11(2)3/h5,7-9,11,14-15,19H,4,6,10,17H2,1-3H3,(H,18,20). The number of nitrogens with one attached hydrogen (secondary N) is 1. The summed E-state index contributed by atoms with van der Waals surface area (Å²) in [7, 11) is 0. The van der Waals surface area contributed by atoms with Crippen LogP contribution in [0.3, 0.4) is 0 Å². The molecule has 5 nitrogen and oxygen atoms in total. The van der Waals surface area contributed by atoms with Crippen LogP contribution in [0.25, 0.3) is 0 Å². The molecule has 2 unspecified atom stereocenters. The zero-order chi connectivity index (χ0) is 15.8. The minimum atomic E-state index is -0.779. The summed E-state index contributed by atoms with van der Waals surface area (Å²) < 4.78 is 5.58. The Bertz CT molecular complexity index is 449. The van der Waals surface area contributed by atoms with Gasteiger partial charge in [-0.2, -0.15) is 0 Å². The molecule has 1 amide bonds. The van der Waals surface area contributed by atoms with E-state index in [4.69, 9.17) is 10.5 Å². The molecule has 0 aliphatic carbocycles. The molecule has 2 atom stereocenters. The third kappa shape index (κ3) is 6.14. The van der Waals surface area contributed by atoms with Crippen LogP contribution in [0.4, 0.5) is 0 Å². The fourth-order valence-electron chi connectivity index (χ4n) is 1.96. The number of aliphatic hydroxyl groups is 1. The van der Waals surface area contributed by atoms with Gasteiger partial charge < -0.3 is 20.9 Å². The highest BCUT2D eigenvalue weighted by atomic mass is 16.5. The summed E-state index contributed by atoms with van der Waals surface area (Å²) in [5.74, 6) is 0.473. The molecule has 21 heavy (non-hydrogen) atoms. The molecule has 118 valence electrons. The van der Waals surface area contributed by atoms with Gasteiger partial charge >= 0.3 is 0 Å². The number of carbonyl (C=O) groups is 1. The summed E-state index contributed by atoms with van der Waals surface area (Å²) in [6.45, 7) is 6.00. The van der Waals surface area contributed by atoms with Crippen molar-refractivity contribution in [1.29, 1.82) is 0 Å². The lowest BCUT2D eigenvalue weighted by atomic mass is 10.1. The van der Waals surface area contributed by atoms with Gasteiger partial charge in [0.15, 0.2) is 0 Å². The quantitative estimate of drug-likeness (QED) is 0.682. The third-order valence-corrected chi connectivity index (χ3v) is 3.02. The molecular weight excluding hydrogens is 268 g/mol. The molecule has 1 rings (SSSR count). The molecular formula is C16H26N2O3. The van der Waals surface area contributed by atoms with Crippen molar-refractivity contribution in [1.82, 2.24) is 5.32 Å². The molecule has 0 aromatic heterocycles. The molecule has 0 bridgehead atoms. The third-order valence-electron chi connectivity index (χ3n) is 3.02. The van der Waals surface area contributed by atoms with Gasteiger partial charge in [-0.1, -0.05) is 25.5 Å². The van der Waals surface area contributed by atoms with Crippen molar-refractivity contribution in [2.45, 2.75) is 51.9 Å². The number of hydrogen-bond donors (Lipinski definition) is 3. The summed E-state index contributed by atoms with van der Waals surface area (Å²) in [5, 5.41) is 12.8. The topological polar surface area (TPSA) is 84.6 Å². The summed E-state index contributed by atoms with van der Waals surface area (Å²) >= 11 is 0. The van der Waals surface area contributed by atoms with Crippen molar-refractivity contribution in [3.05, 3.63) is 29.8 Å². The molecule has 0 saturated heterocycles. The molecule has 0 aliphatic heterocycles. The molecule has 5 heteroatoms. The smallest absolute Gasteiger partial charge is 0.237 e. The SMILES string of the molecule is CCCC(N)C(=O)NCC(O)c1cccc(OC(C)C)c1. The first-order chi connectivity index (χ1) is 9.93. The number of rotatable bonds is 8. The van der Waals surface area contributed by atoms with Crippen LogP contribution < -0.4 is 15.8 Å². The molecule has 1 aromatic carbocycles. The van der Waals surface area contributed by atoms with Gasteiger partial charge in [-0.15, -0.1) is 0 Å². The molecule has 0 heterocycles. The lowest BCUT2D eigenvalue weighted by molar-refractivity contribution is -0.123. The van der Waals surface area contributed by atoms with Gasteiger partial charge in [0.05, 0.1) is 18.2 Å². The number of aliphatic hydroxyl groups excluding tert-OH is 1. The van der Waals surface area contributed by atoms with E-state index in [2.05, 4.69) is 5.32 Å². The van der Waals surface area contributed by atoms with Gasteiger partial charge in [-0.25, -0.2) is 0 Å². The van der Waals surface area contributed by atoms with Crippen molar-refractivity contribution in [2.24, 2.45) is 5.73 Å². The normalized spacial score (nSPS) is 13.8. The van der Waals surface area contributed by atoms with Crippen molar-refractivity contribution in [3.8, 4) is 5.75 Å². The maximum absolute atomic E-state index is 11.7. The van der Waals surface area contributed by atoms with E-state index in [-0.39, 0.29) is 18.6 Å². The summed E-state index contributed by atoms with van der Waals surface area (Å²) in [6, 6.07) is 6.73. The van der Waals surface area contributed by atoms with Crippen LogP contribution >= 0.6 is 0 Å². The highest BCUT2D eigenvalue weighted by molar-refractivity contribution is 5.81. The Labute approximate surface area is 126 Å². The van der Waals surface area contributed by atoms with Crippen molar-refractivity contribution >= 4 is 5.91 Å². The predicted molar refractivity (Wildman–Crippen MR) is 83.1 cm³/mol. The van der Waals surface area contributed by atoms with Crippen LogP contribution in [-0.4, -0.2) is 29.7 Å². The van der Waals surface area contributed by atoms with Gasteiger partial charge in [0.1, 0.15) is 5.75 Å². The van der Waals surface area contributed by atoms with Gasteiger partial charge in [-0.3, -0.25) is 4.79 Å². The monoisotopic (exact) mass is 294 g/mol. The number of hydrogen-bond acceptors (Lipinski definition) is 4. The molecule has 4 N–H and O–H groups in total. The van der Waals surface area contributed by atoms with Crippen LogP contribution in [0.2, 0.25) is 0 Å². The van der Waals surface area contributed by atoms with Crippen LogP contribution in [-0.2, 0) is 4.79 Å². The van der Waals surface area contributed by atoms with E-state index in [0.29, 0.717) is 17.7 Å². The first-order valence-electron chi connectivity index (χ1n) is 7.42. The van der Waals surface area contributed by atoms with Gasteiger partial charge in [0.25, 0.3) is 0 Å². The fourth-order valence-corrected chi connectivity index (χ4v) is 1.96. The summed E-state index contributed by atoms with van der Waals surface area (Å²) in [6.07, 6.45) is 0.786. The van der Waals surface area contributed by atoms with Crippen LogP contribution in [0.15, 0.2) is 24.3 Å². The Morgan fingerprint density at radius 1 is 1.43 bits per heavy atom.